The lowest BCUT2D eigenvalue weighted by molar-refractivity contribution is -0.137. The number of hydrogen-bond donors (Lipinski definition) is 1. The van der Waals surface area contributed by atoms with Gasteiger partial charge in [0.2, 0.25) is 5.91 Å². The van der Waals surface area contributed by atoms with Gasteiger partial charge in [0.25, 0.3) is 0 Å². The van der Waals surface area contributed by atoms with Crippen molar-refractivity contribution in [1.29, 1.82) is 0 Å². The lowest BCUT2D eigenvalue weighted by atomic mass is 10.0. The number of amides is 1. The van der Waals surface area contributed by atoms with Crippen molar-refractivity contribution >= 4 is 17.5 Å². The fraction of sp³-hybridized carbons (Fsp3) is 0.500. The van der Waals surface area contributed by atoms with Crippen molar-refractivity contribution < 1.29 is 4.79 Å². The minimum atomic E-state index is -0.547. The summed E-state index contributed by atoms with van der Waals surface area (Å²) in [5.74, 6) is 0.0903. The Bertz CT molecular complexity index is 418. The third kappa shape index (κ3) is 3.72. The first-order valence-electron chi connectivity index (χ1n) is 6.13. The fourth-order valence-corrected chi connectivity index (χ4v) is 1.90. The maximum absolute atomic E-state index is 12.3. The van der Waals surface area contributed by atoms with Gasteiger partial charge in [-0.25, -0.2) is 0 Å². The van der Waals surface area contributed by atoms with Gasteiger partial charge in [-0.3, -0.25) is 4.79 Å². The van der Waals surface area contributed by atoms with Crippen molar-refractivity contribution in [2.24, 2.45) is 0 Å². The predicted octanol–water partition coefficient (Wildman–Crippen LogP) is 2.69. The molecule has 0 bridgehead atoms. The molecule has 0 spiro atoms. The summed E-state index contributed by atoms with van der Waals surface area (Å²) in [6, 6.07) is 7.61. The smallest absolute Gasteiger partial charge is 0.242 e. The van der Waals surface area contributed by atoms with Crippen LogP contribution in [-0.4, -0.2) is 29.9 Å². The first-order valence-corrected chi connectivity index (χ1v) is 6.51. The topological polar surface area (TPSA) is 32.3 Å². The van der Waals surface area contributed by atoms with Crippen molar-refractivity contribution in [1.82, 2.24) is 10.2 Å². The van der Waals surface area contributed by atoms with E-state index in [0.717, 1.165) is 5.56 Å². The van der Waals surface area contributed by atoms with Crippen molar-refractivity contribution in [3.63, 3.8) is 0 Å². The highest BCUT2D eigenvalue weighted by Gasteiger charge is 2.29. The molecule has 3 nitrogen and oxygen atoms in total. The van der Waals surface area contributed by atoms with E-state index in [1.54, 1.807) is 7.05 Å². The zero-order valence-electron chi connectivity index (χ0n) is 11.5. The number of rotatable bonds is 5. The molecule has 0 aromatic heterocycles. The number of carbonyl (C=O) groups excluding carboxylic acids is 1. The molecule has 0 aliphatic rings. The fourth-order valence-electron chi connectivity index (χ4n) is 1.69. The Hall–Kier alpha value is -1.06. The molecule has 1 N–H and O–H groups in total. The van der Waals surface area contributed by atoms with Crippen LogP contribution in [0.25, 0.3) is 0 Å². The summed E-state index contributed by atoms with van der Waals surface area (Å²) in [4.78, 5) is 14.2. The average molecular weight is 269 g/mol. The number of nitrogens with one attached hydrogen (secondary N) is 1. The van der Waals surface area contributed by atoms with Gasteiger partial charge in [-0.2, -0.15) is 0 Å². The molecule has 0 aliphatic heterocycles. The number of benzene rings is 1. The third-order valence-corrected chi connectivity index (χ3v) is 3.33. The van der Waals surface area contributed by atoms with E-state index in [1.807, 2.05) is 49.9 Å². The number of hydrogen-bond acceptors (Lipinski definition) is 2. The Kier molecular flexibility index (Phi) is 5.17. The zero-order chi connectivity index (χ0) is 13.8. The van der Waals surface area contributed by atoms with Crippen LogP contribution < -0.4 is 5.32 Å². The van der Waals surface area contributed by atoms with E-state index in [4.69, 9.17) is 11.6 Å². The second-order valence-electron chi connectivity index (χ2n) is 4.82. The standard InChI is InChI=1S/C14H21ClN2O/c1-5-17(13(18)14(2,3)16-4)10-11-7-6-8-12(15)9-11/h6-9,16H,5,10H2,1-4H3. The SMILES string of the molecule is CCN(Cc1cccc(Cl)c1)C(=O)C(C)(C)NC. The van der Waals surface area contributed by atoms with Crippen molar-refractivity contribution in [3.05, 3.63) is 34.9 Å². The largest absolute Gasteiger partial charge is 0.337 e. The van der Waals surface area contributed by atoms with Crippen molar-refractivity contribution in [3.8, 4) is 0 Å². The molecule has 1 aromatic rings. The molecule has 0 fully saturated rings. The maximum Gasteiger partial charge on any atom is 0.242 e. The van der Waals surface area contributed by atoms with Gasteiger partial charge in [-0.15, -0.1) is 0 Å². The quantitative estimate of drug-likeness (QED) is 0.891. The number of nitrogens with zero attached hydrogens (tertiary/aromatic N) is 1. The van der Waals surface area contributed by atoms with E-state index < -0.39 is 5.54 Å². The van der Waals surface area contributed by atoms with E-state index in [9.17, 15) is 4.79 Å². The van der Waals surface area contributed by atoms with Crippen molar-refractivity contribution in [2.75, 3.05) is 13.6 Å². The molecule has 18 heavy (non-hydrogen) atoms. The lowest BCUT2D eigenvalue weighted by Gasteiger charge is -2.31. The molecule has 0 saturated heterocycles. The highest BCUT2D eigenvalue weighted by Crippen LogP contribution is 2.15. The van der Waals surface area contributed by atoms with Crippen LogP contribution in [0.2, 0.25) is 5.02 Å². The molecule has 100 valence electrons. The molecule has 1 aromatic carbocycles. The van der Waals surface area contributed by atoms with Gasteiger partial charge in [0, 0.05) is 18.1 Å². The number of halogens is 1. The second-order valence-corrected chi connectivity index (χ2v) is 5.26. The minimum Gasteiger partial charge on any atom is -0.337 e. The Morgan fingerprint density at radius 1 is 1.44 bits per heavy atom. The Morgan fingerprint density at radius 2 is 2.11 bits per heavy atom. The van der Waals surface area contributed by atoms with Gasteiger partial charge in [-0.1, -0.05) is 23.7 Å². The van der Waals surface area contributed by atoms with Crippen LogP contribution in [0.1, 0.15) is 26.3 Å². The molecular formula is C14H21ClN2O. The van der Waals surface area contributed by atoms with E-state index in [2.05, 4.69) is 5.32 Å². The average Bonchev–Trinajstić information content (AvgIpc) is 2.35. The van der Waals surface area contributed by atoms with Crippen LogP contribution >= 0.6 is 11.6 Å². The zero-order valence-corrected chi connectivity index (χ0v) is 12.2. The number of likely N-dealkylation sites (N-methyl/N-ethyl adjacent to an activating group) is 2. The predicted molar refractivity (Wildman–Crippen MR) is 75.7 cm³/mol. The van der Waals surface area contributed by atoms with Crippen LogP contribution in [0.15, 0.2) is 24.3 Å². The van der Waals surface area contributed by atoms with E-state index in [1.165, 1.54) is 0 Å². The molecule has 0 saturated carbocycles. The van der Waals surface area contributed by atoms with Gasteiger partial charge in [-0.05, 0) is 45.5 Å². The highest BCUT2D eigenvalue weighted by atomic mass is 35.5. The van der Waals surface area contributed by atoms with Gasteiger partial charge < -0.3 is 10.2 Å². The van der Waals surface area contributed by atoms with Gasteiger partial charge in [0.1, 0.15) is 0 Å². The normalized spacial score (nSPS) is 11.4. The minimum absolute atomic E-state index is 0.0903. The van der Waals surface area contributed by atoms with Crippen LogP contribution in [0.5, 0.6) is 0 Å². The summed E-state index contributed by atoms with van der Waals surface area (Å²) >= 11 is 5.95. The summed E-state index contributed by atoms with van der Waals surface area (Å²) in [5, 5.41) is 3.73. The molecule has 4 heteroatoms. The molecule has 1 rings (SSSR count). The number of carbonyl (C=O) groups is 1. The summed E-state index contributed by atoms with van der Waals surface area (Å²) in [6.45, 7) is 7.01. The van der Waals surface area contributed by atoms with Gasteiger partial charge in [0.15, 0.2) is 0 Å². The van der Waals surface area contributed by atoms with Crippen LogP contribution in [-0.2, 0) is 11.3 Å². The molecule has 1 amide bonds. The molecule has 0 heterocycles. The van der Waals surface area contributed by atoms with Gasteiger partial charge in [0.05, 0.1) is 5.54 Å². The Balaban J connectivity index is 2.82. The lowest BCUT2D eigenvalue weighted by Crippen LogP contribution is -2.52. The van der Waals surface area contributed by atoms with Crippen LogP contribution in [0.3, 0.4) is 0 Å². The molecular weight excluding hydrogens is 248 g/mol. The van der Waals surface area contributed by atoms with Crippen LogP contribution in [0, 0.1) is 0 Å². The molecule has 0 atom stereocenters. The summed E-state index contributed by atoms with van der Waals surface area (Å²) in [7, 11) is 1.80. The third-order valence-electron chi connectivity index (χ3n) is 3.09. The Labute approximate surface area is 114 Å². The first-order chi connectivity index (χ1) is 8.40. The van der Waals surface area contributed by atoms with Crippen molar-refractivity contribution in [2.45, 2.75) is 32.9 Å². The van der Waals surface area contributed by atoms with Gasteiger partial charge >= 0.3 is 0 Å². The highest BCUT2D eigenvalue weighted by molar-refractivity contribution is 6.30. The van der Waals surface area contributed by atoms with E-state index >= 15 is 0 Å². The first kappa shape index (κ1) is 15.0. The second kappa shape index (κ2) is 6.21. The summed E-state index contributed by atoms with van der Waals surface area (Å²) < 4.78 is 0. The Morgan fingerprint density at radius 3 is 2.61 bits per heavy atom. The molecule has 0 aliphatic carbocycles. The van der Waals surface area contributed by atoms with E-state index in [-0.39, 0.29) is 5.91 Å². The molecule has 0 unspecified atom stereocenters. The van der Waals surface area contributed by atoms with Crippen LogP contribution in [0.4, 0.5) is 0 Å². The summed E-state index contributed by atoms with van der Waals surface area (Å²) in [5.41, 5.74) is 0.499. The monoisotopic (exact) mass is 268 g/mol. The maximum atomic E-state index is 12.3. The molecule has 0 radical (unpaired) electrons. The summed E-state index contributed by atoms with van der Waals surface area (Å²) in [6.07, 6.45) is 0. The van der Waals surface area contributed by atoms with E-state index in [0.29, 0.717) is 18.1 Å².